The lowest BCUT2D eigenvalue weighted by atomic mass is 9.92. The summed E-state index contributed by atoms with van der Waals surface area (Å²) in [7, 11) is 0. The fourth-order valence-electron chi connectivity index (χ4n) is 3.17. The van der Waals surface area contributed by atoms with E-state index in [-0.39, 0.29) is 23.1 Å². The summed E-state index contributed by atoms with van der Waals surface area (Å²) >= 11 is 0. The summed E-state index contributed by atoms with van der Waals surface area (Å²) in [5.74, 6) is -0.0615. The van der Waals surface area contributed by atoms with Crippen molar-refractivity contribution in [3.8, 4) is 0 Å². The molecule has 0 atom stereocenters. The number of hydrogen-bond acceptors (Lipinski definition) is 3. The van der Waals surface area contributed by atoms with Gasteiger partial charge in [-0.2, -0.15) is 0 Å². The number of hydrogen-bond donors (Lipinski definition) is 2. The van der Waals surface area contributed by atoms with Crippen molar-refractivity contribution in [2.24, 2.45) is 17.1 Å². The summed E-state index contributed by atoms with van der Waals surface area (Å²) in [5, 5.41) is 2.95. The third-order valence-corrected chi connectivity index (χ3v) is 4.64. The van der Waals surface area contributed by atoms with Crippen LogP contribution in [0.5, 0.6) is 0 Å². The Morgan fingerprint density at radius 2 is 1.76 bits per heavy atom. The van der Waals surface area contributed by atoms with Crippen molar-refractivity contribution < 1.29 is 9.59 Å². The summed E-state index contributed by atoms with van der Waals surface area (Å²) < 4.78 is 0. The molecule has 0 spiro atoms. The third-order valence-electron chi connectivity index (χ3n) is 4.64. The topological polar surface area (TPSA) is 75.4 Å². The summed E-state index contributed by atoms with van der Waals surface area (Å²) in [5.41, 5.74) is 7.47. The van der Waals surface area contributed by atoms with Gasteiger partial charge in [-0.3, -0.25) is 9.59 Å². The van der Waals surface area contributed by atoms with Gasteiger partial charge in [-0.1, -0.05) is 32.9 Å². The van der Waals surface area contributed by atoms with Crippen LogP contribution in [0.15, 0.2) is 24.3 Å². The summed E-state index contributed by atoms with van der Waals surface area (Å²) in [4.78, 5) is 25.6. The van der Waals surface area contributed by atoms with Crippen LogP contribution in [0.2, 0.25) is 0 Å². The first kappa shape index (κ1) is 19.4. The van der Waals surface area contributed by atoms with Gasteiger partial charge in [0.25, 0.3) is 0 Å². The zero-order valence-corrected chi connectivity index (χ0v) is 15.7. The fraction of sp³-hybridized carbons (Fsp3) is 0.600. The van der Waals surface area contributed by atoms with Gasteiger partial charge in [-0.25, -0.2) is 0 Å². The smallest absolute Gasteiger partial charge is 0.224 e. The SMILES string of the molecule is CC(C)(C)CC(=O)Nc1ccc(CCN2CCC(C(N)=O)CC2)cc1. The number of nitrogens with two attached hydrogens (primary N) is 1. The van der Waals surface area contributed by atoms with Crippen LogP contribution in [0, 0.1) is 11.3 Å². The predicted octanol–water partition coefficient (Wildman–Crippen LogP) is 2.80. The van der Waals surface area contributed by atoms with Gasteiger partial charge in [-0.15, -0.1) is 0 Å². The summed E-state index contributed by atoms with van der Waals surface area (Å²) in [6.45, 7) is 9.04. The van der Waals surface area contributed by atoms with Crippen molar-refractivity contribution >= 4 is 17.5 Å². The molecule has 5 heteroatoms. The number of primary amides is 1. The van der Waals surface area contributed by atoms with Crippen LogP contribution in [0.25, 0.3) is 0 Å². The van der Waals surface area contributed by atoms with Gasteiger partial charge >= 0.3 is 0 Å². The molecule has 0 saturated carbocycles. The molecule has 2 rings (SSSR count). The molecule has 1 fully saturated rings. The number of rotatable bonds is 6. The molecule has 5 nitrogen and oxygen atoms in total. The van der Waals surface area contributed by atoms with Crippen molar-refractivity contribution in [2.45, 2.75) is 46.5 Å². The van der Waals surface area contributed by atoms with Gasteiger partial charge in [0.1, 0.15) is 0 Å². The fourth-order valence-corrected chi connectivity index (χ4v) is 3.17. The van der Waals surface area contributed by atoms with E-state index in [1.54, 1.807) is 0 Å². The number of anilines is 1. The molecule has 2 amide bonds. The van der Waals surface area contributed by atoms with Crippen LogP contribution in [0.3, 0.4) is 0 Å². The highest BCUT2D eigenvalue weighted by Gasteiger charge is 2.22. The molecule has 25 heavy (non-hydrogen) atoms. The highest BCUT2D eigenvalue weighted by atomic mass is 16.2. The largest absolute Gasteiger partial charge is 0.369 e. The van der Waals surface area contributed by atoms with Crippen molar-refractivity contribution in [1.29, 1.82) is 0 Å². The van der Waals surface area contributed by atoms with Gasteiger partial charge in [0.2, 0.25) is 11.8 Å². The third kappa shape index (κ3) is 6.86. The average molecular weight is 345 g/mol. The van der Waals surface area contributed by atoms with Crippen molar-refractivity contribution in [2.75, 3.05) is 25.0 Å². The second-order valence-corrected chi connectivity index (χ2v) is 8.25. The van der Waals surface area contributed by atoms with E-state index in [0.717, 1.165) is 44.6 Å². The van der Waals surface area contributed by atoms with Crippen LogP contribution in [-0.4, -0.2) is 36.3 Å². The number of benzene rings is 1. The van der Waals surface area contributed by atoms with Gasteiger partial charge in [-0.05, 0) is 55.5 Å². The Morgan fingerprint density at radius 3 is 2.28 bits per heavy atom. The number of nitrogens with one attached hydrogen (secondary N) is 1. The second kappa shape index (κ2) is 8.48. The lowest BCUT2D eigenvalue weighted by Crippen LogP contribution is -2.39. The Morgan fingerprint density at radius 1 is 1.16 bits per heavy atom. The number of amides is 2. The van der Waals surface area contributed by atoms with E-state index in [9.17, 15) is 9.59 Å². The zero-order valence-electron chi connectivity index (χ0n) is 15.7. The Labute approximate surface area is 151 Å². The number of carbonyl (C=O) groups is 2. The Bertz CT molecular complexity index is 582. The van der Waals surface area contributed by atoms with E-state index in [1.165, 1.54) is 5.56 Å². The van der Waals surface area contributed by atoms with Crippen LogP contribution in [0.1, 0.15) is 45.6 Å². The molecule has 0 aliphatic carbocycles. The lowest BCUT2D eigenvalue weighted by Gasteiger charge is -2.30. The predicted molar refractivity (Wildman–Crippen MR) is 101 cm³/mol. The zero-order chi connectivity index (χ0) is 18.4. The van der Waals surface area contributed by atoms with E-state index in [1.807, 2.05) is 12.1 Å². The Hall–Kier alpha value is -1.88. The maximum Gasteiger partial charge on any atom is 0.224 e. The quantitative estimate of drug-likeness (QED) is 0.832. The Balaban J connectivity index is 1.75. The molecule has 1 aliphatic heterocycles. The minimum absolute atomic E-state index is 0.00795. The molecule has 1 aromatic carbocycles. The molecule has 138 valence electrons. The lowest BCUT2D eigenvalue weighted by molar-refractivity contribution is -0.123. The average Bonchev–Trinajstić information content (AvgIpc) is 2.53. The van der Waals surface area contributed by atoms with Gasteiger partial charge in [0.05, 0.1) is 0 Å². The molecule has 0 unspecified atom stereocenters. The highest BCUT2D eigenvalue weighted by molar-refractivity contribution is 5.91. The molecular weight excluding hydrogens is 314 g/mol. The maximum absolute atomic E-state index is 12.0. The van der Waals surface area contributed by atoms with Crippen LogP contribution in [0.4, 0.5) is 5.69 Å². The molecular formula is C20H31N3O2. The minimum atomic E-state index is -0.163. The molecule has 3 N–H and O–H groups in total. The molecule has 0 aromatic heterocycles. The monoisotopic (exact) mass is 345 g/mol. The molecule has 0 radical (unpaired) electrons. The van der Waals surface area contributed by atoms with Gasteiger partial charge in [0.15, 0.2) is 0 Å². The Kier molecular flexibility index (Phi) is 6.59. The second-order valence-electron chi connectivity index (χ2n) is 8.25. The normalized spacial score (nSPS) is 16.6. The van der Waals surface area contributed by atoms with E-state index >= 15 is 0 Å². The first-order valence-corrected chi connectivity index (χ1v) is 9.13. The maximum atomic E-state index is 12.0. The number of carbonyl (C=O) groups excluding carboxylic acids is 2. The number of piperidine rings is 1. The molecule has 0 bridgehead atoms. The van der Waals surface area contributed by atoms with E-state index in [2.05, 4.69) is 43.1 Å². The molecule has 1 aliphatic rings. The van der Waals surface area contributed by atoms with E-state index in [0.29, 0.717) is 6.42 Å². The first-order valence-electron chi connectivity index (χ1n) is 9.13. The van der Waals surface area contributed by atoms with E-state index in [4.69, 9.17) is 5.73 Å². The van der Waals surface area contributed by atoms with Gasteiger partial charge in [0, 0.05) is 24.6 Å². The molecule has 1 aromatic rings. The standard InChI is InChI=1S/C20H31N3O2/c1-20(2,3)14-18(24)22-17-6-4-15(5-7-17)8-11-23-12-9-16(10-13-23)19(21)25/h4-7,16H,8-14H2,1-3H3,(H2,21,25)(H,22,24). The first-order chi connectivity index (χ1) is 11.7. The van der Waals surface area contributed by atoms with Gasteiger partial charge < -0.3 is 16.0 Å². The van der Waals surface area contributed by atoms with Crippen LogP contribution in [-0.2, 0) is 16.0 Å². The van der Waals surface area contributed by atoms with Crippen molar-refractivity contribution in [3.63, 3.8) is 0 Å². The molecule has 1 heterocycles. The van der Waals surface area contributed by atoms with Crippen molar-refractivity contribution in [3.05, 3.63) is 29.8 Å². The summed E-state index contributed by atoms with van der Waals surface area (Å²) in [6, 6.07) is 8.08. The van der Waals surface area contributed by atoms with E-state index < -0.39 is 0 Å². The summed E-state index contributed by atoms with van der Waals surface area (Å²) in [6.07, 6.45) is 3.22. The number of likely N-dealkylation sites (tertiary alicyclic amines) is 1. The minimum Gasteiger partial charge on any atom is -0.369 e. The van der Waals surface area contributed by atoms with Crippen molar-refractivity contribution in [1.82, 2.24) is 4.90 Å². The molecule has 1 saturated heterocycles. The van der Waals surface area contributed by atoms with Crippen LogP contribution >= 0.6 is 0 Å². The number of nitrogens with zero attached hydrogens (tertiary/aromatic N) is 1. The van der Waals surface area contributed by atoms with Crippen LogP contribution < -0.4 is 11.1 Å². The highest BCUT2D eigenvalue weighted by Crippen LogP contribution is 2.20.